The largest absolute Gasteiger partial charge is 0.336 e. The van der Waals surface area contributed by atoms with Gasteiger partial charge in [0.15, 0.2) is 11.2 Å². The Kier molecular flexibility index (Phi) is 4.88. The van der Waals surface area contributed by atoms with Crippen LogP contribution in [0.5, 0.6) is 0 Å². The molecule has 3 aromatic rings. The second kappa shape index (κ2) is 7.42. The molecule has 0 bridgehead atoms. The minimum absolute atomic E-state index is 0.0458. The topological polar surface area (TPSA) is 125 Å². The smallest absolute Gasteiger partial charge is 0.329 e. The fourth-order valence-corrected chi connectivity index (χ4v) is 3.96. The number of H-pyrrole nitrogens is 1. The van der Waals surface area contributed by atoms with Gasteiger partial charge in [-0.1, -0.05) is 12.1 Å². The molecule has 0 saturated heterocycles. The zero-order valence-electron chi connectivity index (χ0n) is 17.7. The van der Waals surface area contributed by atoms with E-state index in [1.807, 2.05) is 13.0 Å². The molecule has 0 aliphatic carbocycles. The summed E-state index contributed by atoms with van der Waals surface area (Å²) >= 11 is 0. The van der Waals surface area contributed by atoms with Gasteiger partial charge in [-0.2, -0.15) is 4.98 Å². The van der Waals surface area contributed by atoms with E-state index in [9.17, 15) is 19.2 Å². The summed E-state index contributed by atoms with van der Waals surface area (Å²) in [5.74, 6) is -0.0205. The Hall–Kier alpha value is -3.89. The monoisotopic (exact) mass is 425 g/mol. The van der Waals surface area contributed by atoms with Crippen molar-refractivity contribution in [2.24, 2.45) is 14.1 Å². The number of aryl methyl sites for hydroxylation is 2. The summed E-state index contributed by atoms with van der Waals surface area (Å²) in [5.41, 5.74) is 0.570. The number of aromatic amines is 1. The maximum Gasteiger partial charge on any atom is 0.329 e. The number of fused-ring (bicyclic) bond motifs is 2. The van der Waals surface area contributed by atoms with Crippen molar-refractivity contribution in [3.63, 3.8) is 0 Å². The van der Waals surface area contributed by atoms with E-state index in [1.165, 1.54) is 11.6 Å². The van der Waals surface area contributed by atoms with Crippen molar-refractivity contribution in [1.29, 1.82) is 0 Å². The second-order valence-electron chi connectivity index (χ2n) is 7.70. The molecule has 11 nitrogen and oxygen atoms in total. The van der Waals surface area contributed by atoms with Gasteiger partial charge in [-0.05, 0) is 19.1 Å². The van der Waals surface area contributed by atoms with Gasteiger partial charge < -0.3 is 19.7 Å². The van der Waals surface area contributed by atoms with Crippen molar-refractivity contribution in [3.8, 4) is 0 Å². The number of nitrogens with zero attached hydrogens (tertiary/aromatic N) is 5. The van der Waals surface area contributed by atoms with Crippen LogP contribution in [0.25, 0.3) is 11.2 Å². The van der Waals surface area contributed by atoms with Crippen LogP contribution in [0.3, 0.4) is 0 Å². The van der Waals surface area contributed by atoms with Crippen molar-refractivity contribution in [1.82, 2.24) is 19.1 Å². The van der Waals surface area contributed by atoms with E-state index in [2.05, 4.69) is 15.3 Å². The number of amides is 2. The number of hydrogen-bond donors (Lipinski definition) is 2. The van der Waals surface area contributed by atoms with Crippen molar-refractivity contribution in [2.45, 2.75) is 19.4 Å². The van der Waals surface area contributed by atoms with Gasteiger partial charge in [0.25, 0.3) is 5.56 Å². The molecule has 1 aromatic carbocycles. The van der Waals surface area contributed by atoms with Crippen LogP contribution < -0.4 is 26.4 Å². The van der Waals surface area contributed by atoms with Gasteiger partial charge in [0.2, 0.25) is 17.8 Å². The highest BCUT2D eigenvalue weighted by atomic mass is 16.2. The lowest BCUT2D eigenvalue weighted by Crippen LogP contribution is -2.44. The van der Waals surface area contributed by atoms with Crippen molar-refractivity contribution >= 4 is 40.3 Å². The number of para-hydroxylation sites is 2. The average molecular weight is 425 g/mol. The molecule has 2 N–H and O–H groups in total. The lowest BCUT2D eigenvalue weighted by atomic mass is 10.1. The maximum atomic E-state index is 13.3. The van der Waals surface area contributed by atoms with Crippen molar-refractivity contribution < 1.29 is 9.59 Å². The minimum Gasteiger partial charge on any atom is -0.336 e. The first-order chi connectivity index (χ1) is 14.7. The fourth-order valence-electron chi connectivity index (χ4n) is 3.96. The molecule has 4 rings (SSSR count). The summed E-state index contributed by atoms with van der Waals surface area (Å²) in [6.45, 7) is 1.78. The zero-order valence-corrected chi connectivity index (χ0v) is 17.7. The van der Waals surface area contributed by atoms with Crippen LogP contribution >= 0.6 is 0 Å². The van der Waals surface area contributed by atoms with Gasteiger partial charge in [0, 0.05) is 33.6 Å². The van der Waals surface area contributed by atoms with E-state index in [0.717, 1.165) is 0 Å². The minimum atomic E-state index is -0.562. The quantitative estimate of drug-likeness (QED) is 0.616. The number of imidazole rings is 1. The van der Waals surface area contributed by atoms with E-state index in [1.54, 1.807) is 46.7 Å². The van der Waals surface area contributed by atoms with Crippen molar-refractivity contribution in [3.05, 3.63) is 45.1 Å². The number of carbonyl (C=O) groups excluding carboxylic acids is 2. The Morgan fingerprint density at radius 3 is 2.65 bits per heavy atom. The van der Waals surface area contributed by atoms with Gasteiger partial charge in [-0.3, -0.25) is 23.9 Å². The molecule has 1 atom stereocenters. The van der Waals surface area contributed by atoms with Crippen LogP contribution in [-0.2, 0) is 23.7 Å². The van der Waals surface area contributed by atoms with Crippen LogP contribution in [0.15, 0.2) is 33.9 Å². The lowest BCUT2D eigenvalue weighted by molar-refractivity contribution is -0.118. The molecule has 11 heteroatoms. The number of nitrogens with one attached hydrogen (secondary N) is 2. The van der Waals surface area contributed by atoms with Crippen LogP contribution in [-0.4, -0.2) is 50.6 Å². The van der Waals surface area contributed by atoms with Gasteiger partial charge in [-0.25, -0.2) is 4.79 Å². The Morgan fingerprint density at radius 2 is 1.90 bits per heavy atom. The Balaban J connectivity index is 1.69. The molecule has 2 aromatic heterocycles. The number of rotatable bonds is 3. The third-order valence-corrected chi connectivity index (χ3v) is 5.45. The molecule has 0 radical (unpaired) electrons. The molecule has 1 unspecified atom stereocenters. The third kappa shape index (κ3) is 3.37. The zero-order chi connectivity index (χ0) is 22.4. The lowest BCUT2D eigenvalue weighted by Gasteiger charge is -2.30. The van der Waals surface area contributed by atoms with Gasteiger partial charge in [-0.15, -0.1) is 0 Å². The Morgan fingerprint density at radius 1 is 1.19 bits per heavy atom. The summed E-state index contributed by atoms with van der Waals surface area (Å²) < 4.78 is 2.80. The number of anilines is 3. The molecule has 31 heavy (non-hydrogen) atoms. The average Bonchev–Trinajstić information content (AvgIpc) is 2.98. The molecular weight excluding hydrogens is 402 g/mol. The van der Waals surface area contributed by atoms with Gasteiger partial charge >= 0.3 is 5.69 Å². The number of hydrogen-bond acceptors (Lipinski definition) is 6. The van der Waals surface area contributed by atoms with Crippen LogP contribution in [0.4, 0.5) is 17.3 Å². The molecule has 1 aliphatic rings. The van der Waals surface area contributed by atoms with E-state index in [4.69, 9.17) is 0 Å². The van der Waals surface area contributed by atoms with Gasteiger partial charge in [0.1, 0.15) is 0 Å². The summed E-state index contributed by atoms with van der Waals surface area (Å²) in [7, 11) is 4.85. The summed E-state index contributed by atoms with van der Waals surface area (Å²) in [4.78, 5) is 59.5. The highest BCUT2D eigenvalue weighted by Crippen LogP contribution is 2.31. The molecular formula is C20H23N7O4. The number of carbonyl (C=O) groups is 2. The molecule has 3 heterocycles. The van der Waals surface area contributed by atoms with Crippen molar-refractivity contribution in [2.75, 3.05) is 28.7 Å². The highest BCUT2D eigenvalue weighted by Gasteiger charge is 2.30. The summed E-state index contributed by atoms with van der Waals surface area (Å²) in [6, 6.07) is 6.82. The second-order valence-corrected chi connectivity index (χ2v) is 7.70. The first-order valence-corrected chi connectivity index (χ1v) is 9.77. The first-order valence-electron chi connectivity index (χ1n) is 9.77. The SMILES string of the molecule is CC1CC(=O)Nc2ccccc2N1C(=O)CN(C)c1nc2c(c(=O)[nH]c(=O)n2C)n1C. The predicted octanol–water partition coefficient (Wildman–Crippen LogP) is 0.160. The molecule has 0 fully saturated rings. The van der Waals surface area contributed by atoms with Crippen LogP contribution in [0, 0.1) is 0 Å². The number of likely N-dealkylation sites (N-methyl/N-ethyl adjacent to an activating group) is 1. The normalized spacial score (nSPS) is 16.1. The summed E-state index contributed by atoms with van der Waals surface area (Å²) in [5, 5.41) is 2.83. The highest BCUT2D eigenvalue weighted by molar-refractivity contribution is 6.05. The van der Waals surface area contributed by atoms with E-state index in [0.29, 0.717) is 17.3 Å². The van der Waals surface area contributed by atoms with E-state index < -0.39 is 11.2 Å². The Bertz CT molecular complexity index is 1320. The number of benzene rings is 1. The van der Waals surface area contributed by atoms with E-state index >= 15 is 0 Å². The molecule has 0 spiro atoms. The molecule has 162 valence electrons. The molecule has 1 aliphatic heterocycles. The van der Waals surface area contributed by atoms with Gasteiger partial charge in [0.05, 0.1) is 17.9 Å². The first kappa shape index (κ1) is 20.4. The third-order valence-electron chi connectivity index (χ3n) is 5.45. The molecule has 0 saturated carbocycles. The summed E-state index contributed by atoms with van der Waals surface area (Å²) in [6.07, 6.45) is 0.175. The maximum absolute atomic E-state index is 13.3. The Labute approximate surface area is 176 Å². The molecule has 2 amide bonds. The predicted molar refractivity (Wildman–Crippen MR) is 116 cm³/mol. The van der Waals surface area contributed by atoms with Crippen LogP contribution in [0.1, 0.15) is 13.3 Å². The van der Waals surface area contributed by atoms with E-state index in [-0.39, 0.29) is 42.0 Å². The fraction of sp³-hybridized carbons (Fsp3) is 0.350. The standard InChI is InChI=1S/C20H23N7O4/c1-11-9-14(28)21-12-7-5-6-8-13(12)27(11)15(29)10-24(2)19-22-17-16(25(19)3)18(30)23-20(31)26(17)4/h5-8,11H,9-10H2,1-4H3,(H,21,28)(H,23,30,31). The van der Waals surface area contributed by atoms with Crippen LogP contribution in [0.2, 0.25) is 0 Å². The number of aromatic nitrogens is 4.